The van der Waals surface area contributed by atoms with E-state index in [2.05, 4.69) is 36.2 Å². The molecule has 2 aliphatic rings. The predicted molar refractivity (Wildman–Crippen MR) is 97.7 cm³/mol. The maximum atomic E-state index is 13.5. The first kappa shape index (κ1) is 15.9. The summed E-state index contributed by atoms with van der Waals surface area (Å²) in [5.41, 5.74) is 2.17. The lowest BCUT2D eigenvalue weighted by atomic mass is 9.74. The van der Waals surface area contributed by atoms with Gasteiger partial charge >= 0.3 is 0 Å². The molecule has 0 unspecified atom stereocenters. The fraction of sp³-hybridized carbons (Fsp3) is 0.286. The van der Waals surface area contributed by atoms with Gasteiger partial charge in [0.2, 0.25) is 5.91 Å². The van der Waals surface area contributed by atoms with Crippen LogP contribution in [0, 0.1) is 5.82 Å². The molecule has 1 atom stereocenters. The second kappa shape index (κ2) is 5.45. The van der Waals surface area contributed by atoms with Gasteiger partial charge in [0, 0.05) is 24.1 Å². The Bertz CT molecular complexity index is 874. The molecule has 1 fully saturated rings. The number of rotatable bonds is 2. The molecule has 0 bridgehead atoms. The van der Waals surface area contributed by atoms with Gasteiger partial charge in [-0.2, -0.15) is 0 Å². The molecular weight excluding hydrogens is 315 g/mol. The molecule has 0 radical (unpaired) electrons. The van der Waals surface area contributed by atoms with E-state index in [0.717, 1.165) is 11.3 Å². The Kier molecular flexibility index (Phi) is 3.46. The number of nitrogens with zero attached hydrogens (tertiary/aromatic N) is 1. The Morgan fingerprint density at radius 2 is 1.96 bits per heavy atom. The van der Waals surface area contributed by atoms with Gasteiger partial charge in [-0.15, -0.1) is 0 Å². The van der Waals surface area contributed by atoms with Gasteiger partial charge in [-0.3, -0.25) is 4.79 Å². The second-order valence-electron chi connectivity index (χ2n) is 7.25. The van der Waals surface area contributed by atoms with E-state index in [1.54, 1.807) is 6.07 Å². The highest BCUT2D eigenvalue weighted by Gasteiger charge is 2.57. The van der Waals surface area contributed by atoms with E-state index >= 15 is 0 Å². The van der Waals surface area contributed by atoms with Crippen molar-refractivity contribution in [2.24, 2.45) is 0 Å². The lowest BCUT2D eigenvalue weighted by Gasteiger charge is -2.49. The molecule has 2 aliphatic heterocycles. The van der Waals surface area contributed by atoms with Gasteiger partial charge in [-0.25, -0.2) is 4.39 Å². The van der Waals surface area contributed by atoms with E-state index < -0.39 is 5.66 Å². The van der Waals surface area contributed by atoms with Crippen molar-refractivity contribution in [3.8, 4) is 0 Å². The van der Waals surface area contributed by atoms with Crippen LogP contribution in [0.15, 0.2) is 54.6 Å². The van der Waals surface area contributed by atoms with Crippen molar-refractivity contribution in [2.45, 2.75) is 31.3 Å². The van der Waals surface area contributed by atoms with Gasteiger partial charge in [0.05, 0.1) is 0 Å². The Balaban J connectivity index is 1.85. The molecule has 2 aromatic rings. The van der Waals surface area contributed by atoms with Crippen molar-refractivity contribution in [1.82, 2.24) is 5.32 Å². The van der Waals surface area contributed by atoms with Gasteiger partial charge in [-0.1, -0.05) is 50.3 Å². The first-order valence-electron chi connectivity index (χ1n) is 8.57. The third-order valence-corrected chi connectivity index (χ3v) is 5.50. The highest BCUT2D eigenvalue weighted by molar-refractivity contribution is 5.84. The molecule has 25 heavy (non-hydrogen) atoms. The fourth-order valence-electron chi connectivity index (χ4n) is 4.15. The molecule has 0 aliphatic carbocycles. The molecule has 1 amide bonds. The monoisotopic (exact) mass is 336 g/mol. The molecule has 0 spiro atoms. The zero-order valence-corrected chi connectivity index (χ0v) is 14.4. The number of nitrogens with one attached hydrogen (secondary N) is 1. The molecule has 4 heteroatoms. The van der Waals surface area contributed by atoms with Crippen LogP contribution in [0.4, 0.5) is 10.1 Å². The Hall–Kier alpha value is -2.62. The maximum Gasteiger partial charge on any atom is 0.223 e. The third kappa shape index (κ3) is 2.28. The summed E-state index contributed by atoms with van der Waals surface area (Å²) >= 11 is 0. The van der Waals surface area contributed by atoms with Crippen molar-refractivity contribution in [2.75, 3.05) is 11.4 Å². The number of hydrogen-bond donors (Lipinski definition) is 1. The Morgan fingerprint density at radius 1 is 1.16 bits per heavy atom. The summed E-state index contributed by atoms with van der Waals surface area (Å²) in [5.74, 6) is -0.223. The van der Waals surface area contributed by atoms with E-state index in [1.807, 2.05) is 30.4 Å². The summed E-state index contributed by atoms with van der Waals surface area (Å²) in [6, 6.07) is 14.8. The van der Waals surface area contributed by atoms with Crippen LogP contribution in [-0.4, -0.2) is 18.1 Å². The fourth-order valence-corrected chi connectivity index (χ4v) is 4.15. The number of para-hydroxylation sites is 1. The van der Waals surface area contributed by atoms with Crippen LogP contribution in [-0.2, 0) is 10.2 Å². The molecular formula is C21H21FN2O. The highest BCUT2D eigenvalue weighted by atomic mass is 19.1. The molecule has 1 N–H and O–H groups in total. The van der Waals surface area contributed by atoms with Crippen LogP contribution in [0.25, 0.3) is 6.08 Å². The smallest absolute Gasteiger partial charge is 0.223 e. The number of hydrogen-bond acceptors (Lipinski definition) is 2. The van der Waals surface area contributed by atoms with E-state index in [1.165, 1.54) is 17.7 Å². The first-order valence-corrected chi connectivity index (χ1v) is 8.57. The molecule has 0 saturated carbocycles. The summed E-state index contributed by atoms with van der Waals surface area (Å²) in [5, 5.41) is 3.22. The van der Waals surface area contributed by atoms with Crippen LogP contribution in [0.1, 0.15) is 31.4 Å². The minimum atomic E-state index is -0.654. The Morgan fingerprint density at radius 3 is 2.76 bits per heavy atom. The van der Waals surface area contributed by atoms with E-state index in [0.29, 0.717) is 13.0 Å². The number of anilines is 1. The number of carbonyl (C=O) groups excluding carboxylic acids is 1. The van der Waals surface area contributed by atoms with Crippen molar-refractivity contribution in [3.05, 3.63) is 71.6 Å². The molecule has 2 aromatic carbocycles. The summed E-state index contributed by atoms with van der Waals surface area (Å²) in [6.45, 7) is 4.96. The summed E-state index contributed by atoms with van der Waals surface area (Å²) in [7, 11) is 0. The zero-order chi connectivity index (χ0) is 17.7. The molecule has 0 aromatic heterocycles. The van der Waals surface area contributed by atoms with E-state index in [4.69, 9.17) is 0 Å². The number of fused-ring (bicyclic) bond motifs is 3. The van der Waals surface area contributed by atoms with Crippen molar-refractivity contribution >= 4 is 17.7 Å². The van der Waals surface area contributed by atoms with Gasteiger partial charge in [0.25, 0.3) is 0 Å². The number of carbonyl (C=O) groups is 1. The normalized spacial score (nSPS) is 24.1. The van der Waals surface area contributed by atoms with Gasteiger partial charge in [0.15, 0.2) is 0 Å². The van der Waals surface area contributed by atoms with E-state index in [9.17, 15) is 9.18 Å². The minimum absolute atomic E-state index is 0.0426. The Labute approximate surface area is 147 Å². The highest BCUT2D eigenvalue weighted by Crippen LogP contribution is 2.52. The molecule has 128 valence electrons. The topological polar surface area (TPSA) is 32.3 Å². The summed E-state index contributed by atoms with van der Waals surface area (Å²) in [4.78, 5) is 14.5. The lowest BCUT2D eigenvalue weighted by molar-refractivity contribution is -0.124. The zero-order valence-electron chi connectivity index (χ0n) is 14.4. The SMILES string of the molecule is CC1(C)c2ccccc2N2CCC(=O)N[C@@]21/C=C/c1cccc(F)c1. The van der Waals surface area contributed by atoms with Crippen LogP contribution in [0.2, 0.25) is 0 Å². The number of amides is 1. The second-order valence-corrected chi connectivity index (χ2v) is 7.25. The molecule has 1 saturated heterocycles. The quantitative estimate of drug-likeness (QED) is 0.903. The number of halogens is 1. The molecule has 4 rings (SSSR count). The van der Waals surface area contributed by atoms with Crippen molar-refractivity contribution < 1.29 is 9.18 Å². The largest absolute Gasteiger partial charge is 0.344 e. The average molecular weight is 336 g/mol. The average Bonchev–Trinajstić information content (AvgIpc) is 2.78. The number of benzene rings is 2. The van der Waals surface area contributed by atoms with Crippen LogP contribution in [0.3, 0.4) is 0 Å². The minimum Gasteiger partial charge on any atom is -0.344 e. The maximum absolute atomic E-state index is 13.5. The van der Waals surface area contributed by atoms with Gasteiger partial charge in [-0.05, 0) is 35.4 Å². The van der Waals surface area contributed by atoms with Crippen LogP contribution in [0.5, 0.6) is 0 Å². The standard InChI is InChI=1S/C21H21FN2O/c1-20(2)17-8-3-4-9-18(17)24-13-11-19(25)23-21(20,24)12-10-15-6-5-7-16(22)14-15/h3-10,12,14H,11,13H2,1-2H3,(H,23,25)/b12-10+/t21-/m0/s1. The summed E-state index contributed by atoms with van der Waals surface area (Å²) in [6.07, 6.45) is 4.38. The van der Waals surface area contributed by atoms with Gasteiger partial charge in [0.1, 0.15) is 11.5 Å². The first-order chi connectivity index (χ1) is 11.9. The lowest BCUT2D eigenvalue weighted by Crippen LogP contribution is -2.68. The summed E-state index contributed by atoms with van der Waals surface area (Å²) < 4.78 is 13.5. The third-order valence-electron chi connectivity index (χ3n) is 5.50. The van der Waals surface area contributed by atoms with Gasteiger partial charge < -0.3 is 10.2 Å². The molecule has 3 nitrogen and oxygen atoms in total. The van der Waals surface area contributed by atoms with Crippen molar-refractivity contribution in [1.29, 1.82) is 0 Å². The van der Waals surface area contributed by atoms with Crippen molar-refractivity contribution in [3.63, 3.8) is 0 Å². The van der Waals surface area contributed by atoms with Crippen LogP contribution >= 0.6 is 0 Å². The van der Waals surface area contributed by atoms with E-state index in [-0.39, 0.29) is 17.1 Å². The molecule has 2 heterocycles. The van der Waals surface area contributed by atoms with Crippen LogP contribution < -0.4 is 10.2 Å². The predicted octanol–water partition coefficient (Wildman–Crippen LogP) is 3.85.